The smallest absolute Gasteiger partial charge is 0.321 e. The number of likely N-dealkylation sites (N-methyl/N-ethyl adjacent to an activating group) is 1. The molecule has 0 fully saturated rings. The van der Waals surface area contributed by atoms with Crippen molar-refractivity contribution in [2.75, 3.05) is 7.05 Å². The molecule has 3 N–H and O–H groups in total. The number of aliphatic hydroxyl groups excluding tert-OH is 1. The first-order chi connectivity index (χ1) is 8.43. The van der Waals surface area contributed by atoms with E-state index in [1.165, 1.54) is 7.05 Å². The Labute approximate surface area is 104 Å². The van der Waals surface area contributed by atoms with Crippen LogP contribution in [0, 0.1) is 0 Å². The molecule has 0 aliphatic heterocycles. The molecule has 1 rings (SSSR count). The molecule has 2 atom stereocenters. The number of carboxylic acids is 2. The summed E-state index contributed by atoms with van der Waals surface area (Å²) in [6, 6.07) is 7.18. The number of carbonyl (C=O) groups is 2. The average Bonchev–Trinajstić information content (AvgIpc) is 2.34. The maximum absolute atomic E-state index is 11.0. The van der Waals surface area contributed by atoms with E-state index in [-0.39, 0.29) is 0 Å². The first-order valence-electron chi connectivity index (χ1n) is 5.33. The highest BCUT2D eigenvalue weighted by molar-refractivity contribution is 5.80. The zero-order valence-electron chi connectivity index (χ0n) is 9.85. The van der Waals surface area contributed by atoms with Gasteiger partial charge in [-0.15, -0.1) is 0 Å². The fourth-order valence-electron chi connectivity index (χ4n) is 1.60. The van der Waals surface area contributed by atoms with E-state index in [1.807, 2.05) is 0 Å². The Kier molecular flexibility index (Phi) is 4.82. The van der Waals surface area contributed by atoms with E-state index in [9.17, 15) is 14.7 Å². The molecular formula is C12H15NO5. The number of hydrogen-bond donors (Lipinski definition) is 3. The Morgan fingerprint density at radius 2 is 1.78 bits per heavy atom. The largest absolute Gasteiger partial charge is 0.481 e. The van der Waals surface area contributed by atoms with E-state index in [4.69, 9.17) is 10.2 Å². The predicted octanol–water partition coefficient (Wildman–Crippen LogP) is 0.537. The van der Waals surface area contributed by atoms with Crippen molar-refractivity contribution in [1.29, 1.82) is 0 Å². The van der Waals surface area contributed by atoms with Gasteiger partial charge in [0.05, 0.1) is 6.42 Å². The van der Waals surface area contributed by atoms with Gasteiger partial charge in [-0.1, -0.05) is 30.3 Å². The second-order valence-electron chi connectivity index (χ2n) is 3.90. The molecule has 1 aromatic carbocycles. The van der Waals surface area contributed by atoms with Gasteiger partial charge < -0.3 is 15.3 Å². The van der Waals surface area contributed by atoms with Gasteiger partial charge in [0.2, 0.25) is 0 Å². The molecule has 0 saturated heterocycles. The van der Waals surface area contributed by atoms with Crippen molar-refractivity contribution in [3.63, 3.8) is 0 Å². The second-order valence-corrected chi connectivity index (χ2v) is 3.90. The SMILES string of the molecule is CN(C(O)c1ccccc1)[C@@H](CC(=O)O)C(=O)O. The average molecular weight is 253 g/mol. The number of carboxylic acid groups (broad SMARTS) is 2. The monoisotopic (exact) mass is 253 g/mol. The van der Waals surface area contributed by atoms with Gasteiger partial charge in [0.25, 0.3) is 0 Å². The minimum atomic E-state index is -1.28. The summed E-state index contributed by atoms with van der Waals surface area (Å²) in [6.07, 6.45) is -1.73. The number of aliphatic carboxylic acids is 2. The summed E-state index contributed by atoms with van der Waals surface area (Å²) in [7, 11) is 1.37. The van der Waals surface area contributed by atoms with Gasteiger partial charge in [-0.3, -0.25) is 14.5 Å². The van der Waals surface area contributed by atoms with Crippen molar-refractivity contribution in [2.24, 2.45) is 0 Å². The molecule has 0 aromatic heterocycles. The number of hydrogen-bond acceptors (Lipinski definition) is 4. The summed E-state index contributed by atoms with van der Waals surface area (Å²) in [5.41, 5.74) is 0.511. The lowest BCUT2D eigenvalue weighted by molar-refractivity contribution is -0.153. The molecule has 0 saturated carbocycles. The minimum Gasteiger partial charge on any atom is -0.481 e. The van der Waals surface area contributed by atoms with Gasteiger partial charge in [0.15, 0.2) is 0 Å². The van der Waals surface area contributed by atoms with Crippen LogP contribution < -0.4 is 0 Å². The van der Waals surface area contributed by atoms with Crippen molar-refractivity contribution in [1.82, 2.24) is 4.90 Å². The van der Waals surface area contributed by atoms with Crippen molar-refractivity contribution in [2.45, 2.75) is 18.7 Å². The Balaban J connectivity index is 2.86. The topological polar surface area (TPSA) is 98.1 Å². The highest BCUT2D eigenvalue weighted by Gasteiger charge is 2.30. The normalized spacial score (nSPS) is 14.2. The molecule has 18 heavy (non-hydrogen) atoms. The summed E-state index contributed by atoms with van der Waals surface area (Å²) in [5, 5.41) is 27.6. The summed E-state index contributed by atoms with van der Waals surface area (Å²) >= 11 is 0. The Bertz CT molecular complexity index is 420. The van der Waals surface area contributed by atoms with Crippen LogP contribution in [0.25, 0.3) is 0 Å². The van der Waals surface area contributed by atoms with Crippen molar-refractivity contribution >= 4 is 11.9 Å². The third-order valence-electron chi connectivity index (χ3n) is 2.63. The summed E-state index contributed by atoms with van der Waals surface area (Å²) in [5.74, 6) is -2.51. The van der Waals surface area contributed by atoms with E-state index >= 15 is 0 Å². The zero-order chi connectivity index (χ0) is 13.7. The van der Waals surface area contributed by atoms with Crippen LogP contribution in [0.4, 0.5) is 0 Å². The number of aliphatic hydroxyl groups is 1. The minimum absolute atomic E-state index is 0.511. The highest BCUT2D eigenvalue weighted by Crippen LogP contribution is 2.19. The molecule has 0 bridgehead atoms. The van der Waals surface area contributed by atoms with Crippen LogP contribution in [0.2, 0.25) is 0 Å². The van der Waals surface area contributed by atoms with E-state index in [2.05, 4.69) is 0 Å². The zero-order valence-corrected chi connectivity index (χ0v) is 9.85. The van der Waals surface area contributed by atoms with Crippen LogP contribution in [0.15, 0.2) is 30.3 Å². The van der Waals surface area contributed by atoms with Crippen molar-refractivity contribution in [3.8, 4) is 0 Å². The van der Waals surface area contributed by atoms with Crippen LogP contribution in [-0.4, -0.2) is 45.2 Å². The lowest BCUT2D eigenvalue weighted by Gasteiger charge is -2.28. The van der Waals surface area contributed by atoms with Gasteiger partial charge in [-0.2, -0.15) is 0 Å². The fourth-order valence-corrected chi connectivity index (χ4v) is 1.60. The quantitative estimate of drug-likeness (QED) is 0.640. The first kappa shape index (κ1) is 14.1. The molecular weight excluding hydrogens is 238 g/mol. The molecule has 6 nitrogen and oxygen atoms in total. The molecule has 98 valence electrons. The molecule has 1 unspecified atom stereocenters. The summed E-state index contributed by atoms with van der Waals surface area (Å²) in [6.45, 7) is 0. The molecule has 0 radical (unpaired) electrons. The lowest BCUT2D eigenvalue weighted by Crippen LogP contribution is -2.42. The number of nitrogens with zero attached hydrogens (tertiary/aromatic N) is 1. The third kappa shape index (κ3) is 3.54. The highest BCUT2D eigenvalue weighted by atomic mass is 16.4. The van der Waals surface area contributed by atoms with Gasteiger partial charge in [-0.25, -0.2) is 0 Å². The van der Waals surface area contributed by atoms with Crippen LogP contribution in [0.3, 0.4) is 0 Å². The van der Waals surface area contributed by atoms with Gasteiger partial charge in [-0.05, 0) is 12.6 Å². The predicted molar refractivity (Wildman–Crippen MR) is 62.8 cm³/mol. The first-order valence-corrected chi connectivity index (χ1v) is 5.33. The van der Waals surface area contributed by atoms with E-state index < -0.39 is 30.6 Å². The fraction of sp³-hybridized carbons (Fsp3) is 0.333. The number of rotatable bonds is 6. The third-order valence-corrected chi connectivity index (χ3v) is 2.63. The Morgan fingerprint density at radius 3 is 2.22 bits per heavy atom. The van der Waals surface area contributed by atoms with Gasteiger partial charge >= 0.3 is 11.9 Å². The lowest BCUT2D eigenvalue weighted by atomic mass is 10.1. The van der Waals surface area contributed by atoms with E-state index in [0.29, 0.717) is 5.56 Å². The molecule has 1 aromatic rings. The molecule has 6 heteroatoms. The number of benzene rings is 1. The summed E-state index contributed by atoms with van der Waals surface area (Å²) < 4.78 is 0. The second kappa shape index (κ2) is 6.13. The molecule has 0 aliphatic rings. The molecule has 0 heterocycles. The maximum Gasteiger partial charge on any atom is 0.321 e. The van der Waals surface area contributed by atoms with Gasteiger partial charge in [0, 0.05) is 0 Å². The maximum atomic E-state index is 11.0. The summed E-state index contributed by atoms with van der Waals surface area (Å²) in [4.78, 5) is 22.7. The standard InChI is InChI=1S/C12H15NO5/c1-13(9(12(17)18)7-10(14)15)11(16)8-5-3-2-4-6-8/h2-6,9,11,16H,7H2,1H3,(H,14,15)(H,17,18)/t9-,11?/m0/s1. The molecule has 0 spiro atoms. The Morgan fingerprint density at radius 1 is 1.22 bits per heavy atom. The van der Waals surface area contributed by atoms with Gasteiger partial charge in [0.1, 0.15) is 12.3 Å². The Hall–Kier alpha value is -1.92. The van der Waals surface area contributed by atoms with Crippen molar-refractivity contribution < 1.29 is 24.9 Å². The van der Waals surface area contributed by atoms with Crippen molar-refractivity contribution in [3.05, 3.63) is 35.9 Å². The van der Waals surface area contributed by atoms with Crippen LogP contribution in [0.5, 0.6) is 0 Å². The molecule has 0 amide bonds. The van der Waals surface area contributed by atoms with E-state index in [1.54, 1.807) is 30.3 Å². The van der Waals surface area contributed by atoms with Crippen LogP contribution in [0.1, 0.15) is 18.2 Å². The molecule has 0 aliphatic carbocycles. The van der Waals surface area contributed by atoms with E-state index in [0.717, 1.165) is 4.90 Å². The van der Waals surface area contributed by atoms with Crippen LogP contribution in [-0.2, 0) is 9.59 Å². The van der Waals surface area contributed by atoms with Crippen LogP contribution >= 0.6 is 0 Å².